The van der Waals surface area contributed by atoms with Gasteiger partial charge in [-0.05, 0) is 31.6 Å². The van der Waals surface area contributed by atoms with Crippen LogP contribution in [-0.4, -0.2) is 36.1 Å². The van der Waals surface area contributed by atoms with E-state index < -0.39 is 11.7 Å². The van der Waals surface area contributed by atoms with Crippen LogP contribution in [0.5, 0.6) is 0 Å². The molecule has 1 heterocycles. The zero-order valence-electron chi connectivity index (χ0n) is 11.6. The molecule has 7 heteroatoms. The Labute approximate surface area is 122 Å². The number of rotatable bonds is 7. The van der Waals surface area contributed by atoms with Crippen molar-refractivity contribution in [2.75, 3.05) is 31.5 Å². The fraction of sp³-hybridized carbons (Fsp3) is 0.615. The molecule has 1 N–H and O–H groups in total. The lowest BCUT2D eigenvalue weighted by Crippen LogP contribution is -2.29. The van der Waals surface area contributed by atoms with Crippen LogP contribution in [0.1, 0.15) is 25.8 Å². The molecule has 0 aliphatic carbocycles. The predicted molar refractivity (Wildman–Crippen MR) is 75.1 cm³/mol. The molecule has 0 atom stereocenters. The summed E-state index contributed by atoms with van der Waals surface area (Å²) in [7, 11) is 0. The van der Waals surface area contributed by atoms with Crippen LogP contribution in [0, 0.1) is 0 Å². The average molecular weight is 310 g/mol. The van der Waals surface area contributed by atoms with Crippen LogP contribution in [0.4, 0.5) is 19.0 Å². The van der Waals surface area contributed by atoms with Gasteiger partial charge in [0.1, 0.15) is 11.0 Å². The first-order valence-corrected chi connectivity index (χ1v) is 6.95. The van der Waals surface area contributed by atoms with Gasteiger partial charge in [0.05, 0.1) is 5.56 Å². The topological polar surface area (TPSA) is 28.2 Å². The van der Waals surface area contributed by atoms with Crippen molar-refractivity contribution in [3.05, 3.63) is 22.8 Å². The van der Waals surface area contributed by atoms with Crippen molar-refractivity contribution in [2.45, 2.75) is 26.4 Å². The number of nitrogens with one attached hydrogen (secondary N) is 1. The highest BCUT2D eigenvalue weighted by atomic mass is 35.5. The third-order valence-electron chi connectivity index (χ3n) is 2.84. The SMILES string of the molecule is CCCN(CC)CCNc1cc(C(F)(F)F)cc(Cl)n1. The summed E-state index contributed by atoms with van der Waals surface area (Å²) in [4.78, 5) is 6.06. The minimum absolute atomic E-state index is 0.150. The van der Waals surface area contributed by atoms with Gasteiger partial charge < -0.3 is 10.2 Å². The lowest BCUT2D eigenvalue weighted by Gasteiger charge is -2.19. The average Bonchev–Trinajstić information content (AvgIpc) is 2.36. The summed E-state index contributed by atoms with van der Waals surface area (Å²) < 4.78 is 37.9. The normalized spacial score (nSPS) is 11.9. The summed E-state index contributed by atoms with van der Waals surface area (Å²) in [6, 6.07) is 1.80. The number of anilines is 1. The second-order valence-electron chi connectivity index (χ2n) is 4.42. The van der Waals surface area contributed by atoms with Gasteiger partial charge in [0.15, 0.2) is 0 Å². The molecule has 0 fully saturated rings. The summed E-state index contributed by atoms with van der Waals surface area (Å²) in [5, 5.41) is 2.72. The van der Waals surface area contributed by atoms with E-state index in [1.165, 1.54) is 0 Å². The van der Waals surface area contributed by atoms with E-state index in [4.69, 9.17) is 11.6 Å². The third-order valence-corrected chi connectivity index (χ3v) is 3.04. The number of alkyl halides is 3. The maximum absolute atomic E-state index is 12.6. The summed E-state index contributed by atoms with van der Waals surface area (Å²) >= 11 is 5.61. The van der Waals surface area contributed by atoms with Crippen molar-refractivity contribution in [2.24, 2.45) is 0 Å². The van der Waals surface area contributed by atoms with E-state index >= 15 is 0 Å². The number of aromatic nitrogens is 1. The Morgan fingerprint density at radius 1 is 1.25 bits per heavy atom. The van der Waals surface area contributed by atoms with Crippen molar-refractivity contribution in [3.63, 3.8) is 0 Å². The highest BCUT2D eigenvalue weighted by Crippen LogP contribution is 2.31. The largest absolute Gasteiger partial charge is 0.416 e. The highest BCUT2D eigenvalue weighted by Gasteiger charge is 2.31. The molecule has 3 nitrogen and oxygen atoms in total. The van der Waals surface area contributed by atoms with Gasteiger partial charge in [-0.15, -0.1) is 0 Å². The van der Waals surface area contributed by atoms with Crippen LogP contribution >= 0.6 is 11.6 Å². The van der Waals surface area contributed by atoms with Crippen molar-refractivity contribution in [1.82, 2.24) is 9.88 Å². The van der Waals surface area contributed by atoms with Crippen molar-refractivity contribution < 1.29 is 13.2 Å². The Morgan fingerprint density at radius 3 is 2.50 bits per heavy atom. The molecular weight excluding hydrogens is 291 g/mol. The number of hydrogen-bond acceptors (Lipinski definition) is 3. The van der Waals surface area contributed by atoms with Crippen LogP contribution in [0.15, 0.2) is 12.1 Å². The van der Waals surface area contributed by atoms with Crippen LogP contribution in [0.2, 0.25) is 5.15 Å². The van der Waals surface area contributed by atoms with E-state index in [-0.39, 0.29) is 11.0 Å². The first kappa shape index (κ1) is 17.0. The minimum atomic E-state index is -4.42. The molecule has 1 aromatic rings. The van der Waals surface area contributed by atoms with Gasteiger partial charge in [0.2, 0.25) is 0 Å². The smallest absolute Gasteiger partial charge is 0.369 e. The lowest BCUT2D eigenvalue weighted by molar-refractivity contribution is -0.137. The van der Waals surface area contributed by atoms with Gasteiger partial charge in [-0.1, -0.05) is 25.4 Å². The van der Waals surface area contributed by atoms with Crippen LogP contribution < -0.4 is 5.32 Å². The van der Waals surface area contributed by atoms with Crippen LogP contribution in [0.3, 0.4) is 0 Å². The Hall–Kier alpha value is -1.01. The highest BCUT2D eigenvalue weighted by molar-refractivity contribution is 6.29. The van der Waals surface area contributed by atoms with E-state index in [0.717, 1.165) is 38.2 Å². The zero-order valence-corrected chi connectivity index (χ0v) is 12.4. The molecule has 114 valence electrons. The van der Waals surface area contributed by atoms with Gasteiger partial charge in [-0.2, -0.15) is 13.2 Å². The number of halogens is 4. The molecule has 0 aromatic carbocycles. The molecule has 0 saturated carbocycles. The molecule has 1 rings (SSSR count). The molecule has 0 radical (unpaired) electrons. The predicted octanol–water partition coefficient (Wildman–Crippen LogP) is 3.90. The van der Waals surface area contributed by atoms with Gasteiger partial charge in [-0.3, -0.25) is 0 Å². The first-order chi connectivity index (χ1) is 9.36. The van der Waals surface area contributed by atoms with Crippen molar-refractivity contribution in [1.29, 1.82) is 0 Å². The van der Waals surface area contributed by atoms with E-state index in [2.05, 4.69) is 29.0 Å². The van der Waals surface area contributed by atoms with Gasteiger partial charge >= 0.3 is 6.18 Å². The fourth-order valence-electron chi connectivity index (χ4n) is 1.84. The standard InChI is InChI=1S/C13H19ClF3N3/c1-3-6-20(4-2)7-5-18-12-9-10(13(15,16)17)8-11(14)19-12/h8-9H,3-7H2,1-2H3,(H,18,19). The molecule has 0 spiro atoms. The van der Waals surface area contributed by atoms with E-state index in [9.17, 15) is 13.2 Å². The maximum Gasteiger partial charge on any atom is 0.416 e. The lowest BCUT2D eigenvalue weighted by atomic mass is 10.2. The van der Waals surface area contributed by atoms with E-state index in [1.807, 2.05) is 0 Å². The van der Waals surface area contributed by atoms with Crippen LogP contribution in [-0.2, 0) is 6.18 Å². The molecule has 0 bridgehead atoms. The number of nitrogens with zero attached hydrogens (tertiary/aromatic N) is 2. The van der Waals surface area contributed by atoms with Gasteiger partial charge in [-0.25, -0.2) is 4.98 Å². The summed E-state index contributed by atoms with van der Waals surface area (Å²) in [5.74, 6) is 0.150. The summed E-state index contributed by atoms with van der Waals surface area (Å²) in [6.45, 7) is 7.29. The van der Waals surface area contributed by atoms with E-state index in [1.54, 1.807) is 0 Å². The van der Waals surface area contributed by atoms with Gasteiger partial charge in [0, 0.05) is 13.1 Å². The van der Waals surface area contributed by atoms with Crippen molar-refractivity contribution >= 4 is 17.4 Å². The maximum atomic E-state index is 12.6. The van der Waals surface area contributed by atoms with Crippen molar-refractivity contribution in [3.8, 4) is 0 Å². The molecule has 1 aromatic heterocycles. The monoisotopic (exact) mass is 309 g/mol. The number of hydrogen-bond donors (Lipinski definition) is 1. The molecular formula is C13H19ClF3N3. The Morgan fingerprint density at radius 2 is 1.95 bits per heavy atom. The zero-order chi connectivity index (χ0) is 15.2. The third kappa shape index (κ3) is 5.54. The first-order valence-electron chi connectivity index (χ1n) is 6.57. The quantitative estimate of drug-likeness (QED) is 0.774. The van der Waals surface area contributed by atoms with Crippen LogP contribution in [0.25, 0.3) is 0 Å². The summed E-state index contributed by atoms with van der Waals surface area (Å²) in [5.41, 5.74) is -0.791. The van der Waals surface area contributed by atoms with E-state index in [0.29, 0.717) is 6.54 Å². The summed E-state index contributed by atoms with van der Waals surface area (Å²) in [6.07, 6.45) is -3.37. The number of likely N-dealkylation sites (N-methyl/N-ethyl adjacent to an activating group) is 1. The second kappa shape index (κ2) is 7.69. The Bertz CT molecular complexity index is 424. The molecule has 0 saturated heterocycles. The molecule has 0 amide bonds. The number of pyridine rings is 1. The van der Waals surface area contributed by atoms with Gasteiger partial charge in [0.25, 0.3) is 0 Å². The Kier molecular flexibility index (Phi) is 6.55. The Balaban J connectivity index is 2.62. The molecule has 0 aliphatic rings. The molecule has 0 unspecified atom stereocenters. The molecule has 20 heavy (non-hydrogen) atoms. The molecule has 0 aliphatic heterocycles. The fourth-order valence-corrected chi connectivity index (χ4v) is 2.05. The second-order valence-corrected chi connectivity index (χ2v) is 4.81. The minimum Gasteiger partial charge on any atom is -0.369 e.